The van der Waals surface area contributed by atoms with Gasteiger partial charge in [-0.3, -0.25) is 4.79 Å². The average molecular weight is 492 g/mol. The van der Waals surface area contributed by atoms with Crippen LogP contribution in [0.3, 0.4) is 0 Å². The molecule has 1 aliphatic heterocycles. The van der Waals surface area contributed by atoms with Gasteiger partial charge in [-0.2, -0.15) is 0 Å². The number of piperazine rings is 1. The van der Waals surface area contributed by atoms with Crippen molar-refractivity contribution in [3.05, 3.63) is 71.7 Å². The van der Waals surface area contributed by atoms with Crippen LogP contribution in [0, 0.1) is 25.6 Å². The predicted octanol–water partition coefficient (Wildman–Crippen LogP) is 5.34. The first-order chi connectivity index (χ1) is 17.3. The molecule has 0 spiro atoms. The number of carbonyl (C=O) groups is 1. The third-order valence-corrected chi connectivity index (χ3v) is 7.46. The Balaban J connectivity index is 1.47. The molecule has 2 aliphatic rings. The minimum Gasteiger partial charge on any atom is -0.353 e. The second-order valence-corrected chi connectivity index (χ2v) is 10.1. The van der Waals surface area contributed by atoms with Gasteiger partial charge in [0.05, 0.1) is 0 Å². The molecule has 36 heavy (non-hydrogen) atoms. The van der Waals surface area contributed by atoms with Gasteiger partial charge in [0, 0.05) is 49.8 Å². The number of carbonyl (C=O) groups excluding carboxylic acids is 1. The van der Waals surface area contributed by atoms with Crippen LogP contribution >= 0.6 is 0 Å². The largest absolute Gasteiger partial charge is 0.353 e. The molecule has 1 aromatic heterocycles. The van der Waals surface area contributed by atoms with Gasteiger partial charge in [-0.1, -0.05) is 31.9 Å². The lowest BCUT2D eigenvalue weighted by Crippen LogP contribution is -2.51. The number of hydrogen-bond donors (Lipinski definition) is 0. The third-order valence-electron chi connectivity index (χ3n) is 7.46. The molecule has 4 rings (SSSR count). The zero-order valence-electron chi connectivity index (χ0n) is 21.8. The number of aryl methyl sites for hydroxylation is 2. The van der Waals surface area contributed by atoms with Crippen LogP contribution in [0.15, 0.2) is 49.1 Å². The van der Waals surface area contributed by atoms with Crippen molar-refractivity contribution >= 4 is 17.3 Å². The topological polar surface area (TPSA) is 52.6 Å². The highest BCUT2D eigenvalue weighted by atomic mass is 19.1. The summed E-state index contributed by atoms with van der Waals surface area (Å²) >= 11 is 0. The molecule has 1 saturated heterocycles. The fourth-order valence-corrected chi connectivity index (χ4v) is 5.14. The van der Waals surface area contributed by atoms with Gasteiger partial charge in [-0.15, -0.1) is 0 Å². The minimum atomic E-state index is -0.207. The highest BCUT2D eigenvalue weighted by molar-refractivity contribution is 5.79. The molecule has 2 aromatic rings. The van der Waals surface area contributed by atoms with Gasteiger partial charge in [0.15, 0.2) is 0 Å². The van der Waals surface area contributed by atoms with Crippen molar-refractivity contribution < 1.29 is 9.18 Å². The van der Waals surface area contributed by atoms with Crippen LogP contribution in [-0.2, 0) is 4.79 Å². The van der Waals surface area contributed by atoms with E-state index in [0.717, 1.165) is 54.3 Å². The maximum absolute atomic E-state index is 13.8. The molecule has 1 aliphatic carbocycles. The van der Waals surface area contributed by atoms with Crippen LogP contribution in [0.25, 0.3) is 5.57 Å². The van der Waals surface area contributed by atoms with Crippen molar-refractivity contribution in [2.45, 2.75) is 52.9 Å². The summed E-state index contributed by atoms with van der Waals surface area (Å²) in [6, 6.07) is 7.15. The molecule has 6 nitrogen and oxygen atoms in total. The molecule has 0 radical (unpaired) electrons. The SMILES string of the molecule is C=C(C1CCCCC1)N(/C=C(\C)c1ccc(F)c(C)c1)CC(=O)N1CCN(c2cc(C)ncn2)CC1. The Labute approximate surface area is 214 Å². The van der Waals surface area contributed by atoms with Crippen LogP contribution in [0.2, 0.25) is 0 Å². The van der Waals surface area contributed by atoms with Gasteiger partial charge in [0.2, 0.25) is 5.91 Å². The number of rotatable bonds is 7. The summed E-state index contributed by atoms with van der Waals surface area (Å²) < 4.78 is 13.8. The Morgan fingerprint density at radius 3 is 2.50 bits per heavy atom. The normalized spacial score (nSPS) is 17.3. The summed E-state index contributed by atoms with van der Waals surface area (Å²) in [5.74, 6) is 1.20. The van der Waals surface area contributed by atoms with E-state index in [1.54, 1.807) is 19.3 Å². The van der Waals surface area contributed by atoms with Crippen molar-refractivity contribution in [2.75, 3.05) is 37.6 Å². The first kappa shape index (κ1) is 25.9. The number of allylic oxidation sites excluding steroid dienone is 2. The molecule has 1 saturated carbocycles. The van der Waals surface area contributed by atoms with Gasteiger partial charge in [0.1, 0.15) is 24.5 Å². The number of hydrogen-bond acceptors (Lipinski definition) is 5. The molecule has 2 heterocycles. The van der Waals surface area contributed by atoms with E-state index < -0.39 is 0 Å². The van der Waals surface area contributed by atoms with Gasteiger partial charge < -0.3 is 14.7 Å². The molecule has 0 bridgehead atoms. The van der Waals surface area contributed by atoms with Gasteiger partial charge in [0.25, 0.3) is 0 Å². The highest BCUT2D eigenvalue weighted by Gasteiger charge is 2.26. The summed E-state index contributed by atoms with van der Waals surface area (Å²) in [5, 5.41) is 0. The number of nitrogens with zero attached hydrogens (tertiary/aromatic N) is 5. The van der Waals surface area contributed by atoms with E-state index in [2.05, 4.69) is 21.4 Å². The number of benzene rings is 1. The van der Waals surface area contributed by atoms with E-state index in [1.165, 1.54) is 25.3 Å². The fraction of sp³-hybridized carbons (Fsp3) is 0.483. The van der Waals surface area contributed by atoms with Gasteiger partial charge >= 0.3 is 0 Å². The second kappa shape index (κ2) is 11.7. The zero-order valence-corrected chi connectivity index (χ0v) is 21.8. The van der Waals surface area contributed by atoms with Crippen molar-refractivity contribution in [3.8, 4) is 0 Å². The average Bonchev–Trinajstić information content (AvgIpc) is 2.90. The van der Waals surface area contributed by atoms with Gasteiger partial charge in [-0.25, -0.2) is 14.4 Å². The Kier molecular flexibility index (Phi) is 8.39. The molecule has 0 unspecified atom stereocenters. The predicted molar refractivity (Wildman–Crippen MR) is 143 cm³/mol. The maximum atomic E-state index is 13.8. The quantitative estimate of drug-likeness (QED) is 0.523. The lowest BCUT2D eigenvalue weighted by molar-refractivity contribution is -0.131. The Bertz CT molecular complexity index is 1120. The third kappa shape index (κ3) is 6.31. The summed E-state index contributed by atoms with van der Waals surface area (Å²) in [6.07, 6.45) is 9.52. The van der Waals surface area contributed by atoms with Crippen LogP contribution in [0.5, 0.6) is 0 Å². The Morgan fingerprint density at radius 1 is 1.11 bits per heavy atom. The lowest BCUT2D eigenvalue weighted by Gasteiger charge is -2.37. The molecule has 1 amide bonds. The van der Waals surface area contributed by atoms with Crippen LogP contribution in [0.4, 0.5) is 10.2 Å². The minimum absolute atomic E-state index is 0.102. The first-order valence-electron chi connectivity index (χ1n) is 13.0. The lowest BCUT2D eigenvalue weighted by atomic mass is 9.86. The summed E-state index contributed by atoms with van der Waals surface area (Å²) in [6.45, 7) is 13.3. The number of amides is 1. The van der Waals surface area contributed by atoms with Crippen LogP contribution in [0.1, 0.15) is 55.8 Å². The number of anilines is 1. The van der Waals surface area contributed by atoms with Crippen LogP contribution < -0.4 is 4.90 Å². The van der Waals surface area contributed by atoms with E-state index in [9.17, 15) is 9.18 Å². The zero-order chi connectivity index (χ0) is 25.7. The molecular formula is C29H38FN5O. The van der Waals surface area contributed by atoms with Crippen molar-refractivity contribution in [1.29, 1.82) is 0 Å². The Morgan fingerprint density at radius 2 is 1.83 bits per heavy atom. The van der Waals surface area contributed by atoms with Gasteiger partial charge in [-0.05, 0) is 68.4 Å². The van der Waals surface area contributed by atoms with Crippen molar-refractivity contribution in [2.24, 2.45) is 5.92 Å². The standard InChI is InChI=1S/C29H38FN5O/c1-21-16-26(10-11-27(21)30)22(2)18-35(24(4)25-8-6-5-7-9-25)19-29(36)34-14-12-33(13-15-34)28-17-23(3)31-20-32-28/h10-11,16-18,20,25H,4-9,12-15,19H2,1-3H3/b22-18+. The smallest absolute Gasteiger partial charge is 0.242 e. The molecule has 7 heteroatoms. The van der Waals surface area contributed by atoms with E-state index in [4.69, 9.17) is 0 Å². The van der Waals surface area contributed by atoms with Crippen molar-refractivity contribution in [3.63, 3.8) is 0 Å². The fourth-order valence-electron chi connectivity index (χ4n) is 5.14. The summed E-state index contributed by atoms with van der Waals surface area (Å²) in [7, 11) is 0. The summed E-state index contributed by atoms with van der Waals surface area (Å²) in [4.78, 5) is 28.2. The van der Waals surface area contributed by atoms with Crippen molar-refractivity contribution in [1.82, 2.24) is 19.8 Å². The molecule has 1 aromatic carbocycles. The molecule has 0 N–H and O–H groups in total. The summed E-state index contributed by atoms with van der Waals surface area (Å²) in [5.41, 5.74) is 4.51. The van der Waals surface area contributed by atoms with E-state index in [1.807, 2.05) is 42.0 Å². The van der Waals surface area contributed by atoms with E-state index in [-0.39, 0.29) is 18.3 Å². The highest BCUT2D eigenvalue weighted by Crippen LogP contribution is 2.32. The molecule has 192 valence electrons. The molecule has 2 fully saturated rings. The second-order valence-electron chi connectivity index (χ2n) is 10.1. The van der Waals surface area contributed by atoms with E-state index in [0.29, 0.717) is 24.6 Å². The maximum Gasteiger partial charge on any atom is 0.242 e. The molecule has 0 atom stereocenters. The van der Waals surface area contributed by atoms with E-state index >= 15 is 0 Å². The first-order valence-corrected chi connectivity index (χ1v) is 13.0. The Hall–Kier alpha value is -3.22. The number of aromatic nitrogens is 2. The van der Waals surface area contributed by atoms with Crippen LogP contribution in [-0.4, -0.2) is 58.4 Å². The number of halogens is 1. The monoisotopic (exact) mass is 491 g/mol. The molecular weight excluding hydrogens is 453 g/mol.